The van der Waals surface area contributed by atoms with Crippen LogP contribution in [0.15, 0.2) is 25.8 Å². The minimum absolute atomic E-state index is 0.258. The number of nitrogens with one attached hydrogen (secondary N) is 2. The maximum Gasteiger partial charge on any atom is 0.339 e. The number of hydrogen-bond donors (Lipinski definition) is 2. The molecule has 0 fully saturated rings. The van der Waals surface area contributed by atoms with Crippen molar-refractivity contribution in [3.05, 3.63) is 36.8 Å². The van der Waals surface area contributed by atoms with Gasteiger partial charge in [-0.3, -0.25) is 19.4 Å². The molecule has 7 nitrogen and oxygen atoms in total. The maximum atomic E-state index is 11.3. The molecule has 0 saturated carbocycles. The lowest BCUT2D eigenvalue weighted by molar-refractivity contribution is 0.596. The molecule has 0 saturated heterocycles. The first-order chi connectivity index (χ1) is 9.42. The van der Waals surface area contributed by atoms with E-state index in [1.807, 2.05) is 0 Å². The van der Waals surface area contributed by atoms with E-state index < -0.39 is 11.1 Å². The zero-order valence-corrected chi connectivity index (χ0v) is 12.7. The van der Waals surface area contributed by atoms with E-state index in [0.717, 1.165) is 11.8 Å². The van der Waals surface area contributed by atoms with Gasteiger partial charge in [-0.05, 0) is 17.8 Å². The van der Waals surface area contributed by atoms with Crippen LogP contribution in [0.2, 0.25) is 10.0 Å². The van der Waals surface area contributed by atoms with Crippen LogP contribution in [0.3, 0.4) is 0 Å². The standard InChI is InChI=1S/C10H9Cl2N5O2S/c1-13-6-4(11)3-5(12)9(14-6)20-10-15-7(18)8(19)16-17(10)2/h3H,1-2H3,(H,13,14)(H,16,19). The number of H-pyrrole nitrogens is 1. The van der Waals surface area contributed by atoms with Gasteiger partial charge in [-0.15, -0.1) is 0 Å². The lowest BCUT2D eigenvalue weighted by atomic mass is 10.4. The fourth-order valence-electron chi connectivity index (χ4n) is 1.33. The summed E-state index contributed by atoms with van der Waals surface area (Å²) in [5.41, 5.74) is -1.66. The normalized spacial score (nSPS) is 10.6. The zero-order valence-electron chi connectivity index (χ0n) is 10.4. The topological polar surface area (TPSA) is 92.7 Å². The van der Waals surface area contributed by atoms with Crippen LogP contribution in [0.1, 0.15) is 0 Å². The number of aromatic amines is 1. The van der Waals surface area contributed by atoms with Crippen molar-refractivity contribution in [1.29, 1.82) is 0 Å². The quantitative estimate of drug-likeness (QED) is 0.824. The predicted molar refractivity (Wildman–Crippen MR) is 78.0 cm³/mol. The van der Waals surface area contributed by atoms with E-state index in [0.29, 0.717) is 20.9 Å². The van der Waals surface area contributed by atoms with E-state index >= 15 is 0 Å². The minimum Gasteiger partial charge on any atom is -0.372 e. The van der Waals surface area contributed by atoms with Crippen LogP contribution >= 0.6 is 35.0 Å². The van der Waals surface area contributed by atoms with Crippen LogP contribution in [0, 0.1) is 0 Å². The molecule has 10 heteroatoms. The average Bonchev–Trinajstić information content (AvgIpc) is 2.38. The molecule has 106 valence electrons. The second-order valence-electron chi connectivity index (χ2n) is 3.66. The fraction of sp³-hybridized carbons (Fsp3) is 0.200. The first kappa shape index (κ1) is 14.9. The average molecular weight is 334 g/mol. The molecule has 0 bridgehead atoms. The molecule has 2 aromatic rings. The van der Waals surface area contributed by atoms with Gasteiger partial charge in [0.2, 0.25) is 0 Å². The Morgan fingerprint density at radius 2 is 2.00 bits per heavy atom. The molecule has 0 unspecified atom stereocenters. The van der Waals surface area contributed by atoms with Gasteiger partial charge in [0.25, 0.3) is 0 Å². The van der Waals surface area contributed by atoms with Gasteiger partial charge in [0.05, 0.1) is 10.0 Å². The van der Waals surface area contributed by atoms with Gasteiger partial charge < -0.3 is 5.32 Å². The van der Waals surface area contributed by atoms with Crippen molar-refractivity contribution in [3.63, 3.8) is 0 Å². The van der Waals surface area contributed by atoms with Crippen molar-refractivity contribution >= 4 is 40.8 Å². The second kappa shape index (κ2) is 5.86. The number of rotatable bonds is 3. The summed E-state index contributed by atoms with van der Waals surface area (Å²) in [6.07, 6.45) is 0. The summed E-state index contributed by atoms with van der Waals surface area (Å²) >= 11 is 13.0. The molecular formula is C10H9Cl2N5O2S. The molecule has 0 atom stereocenters. The lowest BCUT2D eigenvalue weighted by Crippen LogP contribution is -2.33. The maximum absolute atomic E-state index is 11.3. The molecule has 2 N–H and O–H groups in total. The fourth-order valence-corrected chi connectivity index (χ4v) is 2.68. The molecule has 0 radical (unpaired) electrons. The molecule has 0 spiro atoms. The Labute approximate surface area is 127 Å². The highest BCUT2D eigenvalue weighted by Gasteiger charge is 2.13. The molecule has 20 heavy (non-hydrogen) atoms. The highest BCUT2D eigenvalue weighted by Crippen LogP contribution is 2.34. The van der Waals surface area contributed by atoms with Crippen LogP contribution in [-0.2, 0) is 7.05 Å². The van der Waals surface area contributed by atoms with Crippen molar-refractivity contribution < 1.29 is 0 Å². The molecule has 2 aromatic heterocycles. The Kier molecular flexibility index (Phi) is 4.36. The minimum atomic E-state index is -0.871. The highest BCUT2D eigenvalue weighted by atomic mass is 35.5. The van der Waals surface area contributed by atoms with Crippen LogP contribution in [0.5, 0.6) is 0 Å². The van der Waals surface area contributed by atoms with Crippen molar-refractivity contribution in [3.8, 4) is 0 Å². The van der Waals surface area contributed by atoms with Gasteiger partial charge in [0.15, 0.2) is 5.16 Å². The molecule has 0 aliphatic rings. The number of hydrogen-bond acceptors (Lipinski definition) is 6. The molecular weight excluding hydrogens is 325 g/mol. The second-order valence-corrected chi connectivity index (χ2v) is 5.43. The third-order valence-electron chi connectivity index (χ3n) is 2.27. The monoisotopic (exact) mass is 333 g/mol. The van der Waals surface area contributed by atoms with Gasteiger partial charge in [-0.1, -0.05) is 23.2 Å². The molecule has 0 amide bonds. The van der Waals surface area contributed by atoms with Crippen molar-refractivity contribution in [2.24, 2.45) is 7.05 Å². The summed E-state index contributed by atoms with van der Waals surface area (Å²) in [5, 5.41) is 6.53. The van der Waals surface area contributed by atoms with E-state index in [4.69, 9.17) is 23.2 Å². The van der Waals surface area contributed by atoms with E-state index in [9.17, 15) is 9.59 Å². The van der Waals surface area contributed by atoms with Gasteiger partial charge in [0, 0.05) is 14.1 Å². The van der Waals surface area contributed by atoms with Gasteiger partial charge in [-0.25, -0.2) is 4.98 Å². The summed E-state index contributed by atoms with van der Waals surface area (Å²) in [6.45, 7) is 0. The smallest absolute Gasteiger partial charge is 0.339 e. The van der Waals surface area contributed by atoms with E-state index in [1.54, 1.807) is 14.1 Å². The lowest BCUT2D eigenvalue weighted by Gasteiger charge is -2.09. The molecule has 2 rings (SSSR count). The Hall–Kier alpha value is -1.51. The Morgan fingerprint density at radius 3 is 2.65 bits per heavy atom. The summed E-state index contributed by atoms with van der Waals surface area (Å²) in [5.74, 6) is 0.452. The number of pyridine rings is 1. The first-order valence-corrected chi connectivity index (χ1v) is 6.88. The van der Waals surface area contributed by atoms with Gasteiger partial charge >= 0.3 is 11.1 Å². The predicted octanol–water partition coefficient (Wildman–Crippen LogP) is 1.36. The summed E-state index contributed by atoms with van der Waals surface area (Å²) < 4.78 is 1.32. The number of nitrogens with zero attached hydrogens (tertiary/aromatic N) is 3. The molecule has 0 aliphatic heterocycles. The molecule has 0 aliphatic carbocycles. The number of aromatic nitrogens is 4. The third kappa shape index (κ3) is 2.97. The zero-order chi connectivity index (χ0) is 14.9. The van der Waals surface area contributed by atoms with Crippen molar-refractivity contribution in [2.45, 2.75) is 10.2 Å². The number of anilines is 1. The van der Waals surface area contributed by atoms with E-state index in [1.165, 1.54) is 10.7 Å². The van der Waals surface area contributed by atoms with E-state index in [2.05, 4.69) is 20.4 Å². The first-order valence-electron chi connectivity index (χ1n) is 5.31. The summed E-state index contributed by atoms with van der Waals surface area (Å²) in [6, 6.07) is 1.54. The Bertz CT molecular complexity index is 773. The Morgan fingerprint density at radius 1 is 1.30 bits per heavy atom. The SMILES string of the molecule is CNc1nc(Sc2nc(=O)c(=O)[nH]n2C)c(Cl)cc1Cl. The summed E-state index contributed by atoms with van der Waals surface area (Å²) in [4.78, 5) is 30.3. The Balaban J connectivity index is 2.47. The largest absolute Gasteiger partial charge is 0.372 e. The van der Waals surface area contributed by atoms with Gasteiger partial charge in [0.1, 0.15) is 10.8 Å². The third-order valence-corrected chi connectivity index (χ3v) is 4.01. The van der Waals surface area contributed by atoms with E-state index in [-0.39, 0.29) is 5.16 Å². The van der Waals surface area contributed by atoms with Gasteiger partial charge in [-0.2, -0.15) is 4.98 Å². The highest BCUT2D eigenvalue weighted by molar-refractivity contribution is 7.99. The van der Waals surface area contributed by atoms with Crippen LogP contribution in [-0.4, -0.2) is 26.8 Å². The number of aryl methyl sites for hydroxylation is 1. The molecule has 2 heterocycles. The van der Waals surface area contributed by atoms with Crippen LogP contribution in [0.4, 0.5) is 5.82 Å². The number of halogens is 2. The van der Waals surface area contributed by atoms with Crippen LogP contribution in [0.25, 0.3) is 0 Å². The molecule has 0 aromatic carbocycles. The van der Waals surface area contributed by atoms with Crippen molar-refractivity contribution in [1.82, 2.24) is 19.7 Å². The summed E-state index contributed by atoms with van der Waals surface area (Å²) in [7, 11) is 3.23. The van der Waals surface area contributed by atoms with Crippen LogP contribution < -0.4 is 16.4 Å². The van der Waals surface area contributed by atoms with Crippen molar-refractivity contribution in [2.75, 3.05) is 12.4 Å².